The molecule has 0 unspecified atom stereocenters. The van der Waals surface area contributed by atoms with Gasteiger partial charge in [0, 0.05) is 17.3 Å². The van der Waals surface area contributed by atoms with Crippen molar-refractivity contribution in [3.8, 4) is 11.5 Å². The van der Waals surface area contributed by atoms with Crippen LogP contribution in [0.5, 0.6) is 11.5 Å². The monoisotopic (exact) mass is 299 g/mol. The molecule has 0 aromatic heterocycles. The normalized spacial score (nSPS) is 9.91. The number of ketones is 1. The number of rotatable bonds is 6. The smallest absolute Gasteiger partial charge is 0.262 e. The van der Waals surface area contributed by atoms with Gasteiger partial charge in [-0.2, -0.15) is 0 Å². The minimum absolute atomic E-state index is 0.0497. The van der Waals surface area contributed by atoms with Crippen molar-refractivity contribution in [3.63, 3.8) is 0 Å². The number of methoxy groups -OCH3 is 1. The van der Waals surface area contributed by atoms with E-state index in [2.05, 4.69) is 5.32 Å². The molecule has 0 saturated heterocycles. The topological polar surface area (TPSA) is 64.6 Å². The van der Waals surface area contributed by atoms with Crippen LogP contribution in [0.15, 0.2) is 48.5 Å². The minimum Gasteiger partial charge on any atom is -0.497 e. The third-order valence-corrected chi connectivity index (χ3v) is 2.96. The van der Waals surface area contributed by atoms with Gasteiger partial charge in [0.25, 0.3) is 5.91 Å². The van der Waals surface area contributed by atoms with Gasteiger partial charge in [-0.05, 0) is 31.2 Å². The molecule has 0 radical (unpaired) electrons. The van der Waals surface area contributed by atoms with E-state index in [4.69, 9.17) is 9.47 Å². The molecule has 0 aliphatic heterocycles. The van der Waals surface area contributed by atoms with E-state index in [1.807, 2.05) is 0 Å². The van der Waals surface area contributed by atoms with Crippen LogP contribution in [0, 0.1) is 0 Å². The summed E-state index contributed by atoms with van der Waals surface area (Å²) in [5.74, 6) is 0.800. The number of nitrogens with one attached hydrogen (secondary N) is 1. The summed E-state index contributed by atoms with van der Waals surface area (Å²) in [4.78, 5) is 23.2. The van der Waals surface area contributed by atoms with E-state index >= 15 is 0 Å². The molecule has 0 fully saturated rings. The lowest BCUT2D eigenvalue weighted by Gasteiger charge is -2.09. The first-order valence-electron chi connectivity index (χ1n) is 6.76. The maximum Gasteiger partial charge on any atom is 0.262 e. The Kier molecular flexibility index (Phi) is 5.14. The van der Waals surface area contributed by atoms with Gasteiger partial charge in [0.1, 0.15) is 11.5 Å². The molecule has 1 amide bonds. The summed E-state index contributed by atoms with van der Waals surface area (Å²) in [5.41, 5.74) is 1.18. The molecule has 0 aliphatic carbocycles. The Morgan fingerprint density at radius 3 is 2.50 bits per heavy atom. The largest absolute Gasteiger partial charge is 0.497 e. The average Bonchev–Trinajstić information content (AvgIpc) is 2.53. The Morgan fingerprint density at radius 1 is 1.05 bits per heavy atom. The zero-order valence-electron chi connectivity index (χ0n) is 12.5. The number of benzene rings is 2. The van der Waals surface area contributed by atoms with Crippen molar-refractivity contribution in [2.24, 2.45) is 0 Å². The van der Waals surface area contributed by atoms with Gasteiger partial charge in [-0.3, -0.25) is 9.59 Å². The molecule has 0 heterocycles. The third kappa shape index (κ3) is 4.34. The molecule has 1 N–H and O–H groups in total. The van der Waals surface area contributed by atoms with E-state index in [1.165, 1.54) is 6.92 Å². The fourth-order valence-electron chi connectivity index (χ4n) is 1.85. The number of hydrogen-bond acceptors (Lipinski definition) is 4. The first-order valence-corrected chi connectivity index (χ1v) is 6.76. The van der Waals surface area contributed by atoms with Crippen LogP contribution < -0.4 is 14.8 Å². The van der Waals surface area contributed by atoms with Gasteiger partial charge in [0.2, 0.25) is 0 Å². The Balaban J connectivity index is 1.92. The molecule has 2 aromatic rings. The Labute approximate surface area is 128 Å². The maximum atomic E-state index is 11.9. The number of hydrogen-bond donors (Lipinski definition) is 1. The number of amides is 1. The van der Waals surface area contributed by atoms with Crippen molar-refractivity contribution in [1.29, 1.82) is 0 Å². The summed E-state index contributed by atoms with van der Waals surface area (Å²) in [6.45, 7) is 1.34. The second-order valence-corrected chi connectivity index (χ2v) is 4.65. The lowest BCUT2D eigenvalue weighted by molar-refractivity contribution is -0.118. The zero-order valence-corrected chi connectivity index (χ0v) is 12.5. The van der Waals surface area contributed by atoms with Gasteiger partial charge in [0.15, 0.2) is 12.4 Å². The molecule has 114 valence electrons. The van der Waals surface area contributed by atoms with Crippen molar-refractivity contribution in [3.05, 3.63) is 54.1 Å². The molecule has 0 bridgehead atoms. The van der Waals surface area contributed by atoms with Crippen molar-refractivity contribution >= 4 is 17.4 Å². The number of Topliss-reactive ketones (excluding diaryl/α,β-unsaturated/α-hetero) is 1. The average molecular weight is 299 g/mol. The first kappa shape index (κ1) is 15.6. The fourth-order valence-corrected chi connectivity index (χ4v) is 1.85. The first-order chi connectivity index (χ1) is 10.6. The van der Waals surface area contributed by atoms with Gasteiger partial charge < -0.3 is 14.8 Å². The SMILES string of the molecule is COc1cccc(NC(=O)COc2cccc(C(C)=O)c2)c1. The van der Waals surface area contributed by atoms with Gasteiger partial charge in [0.05, 0.1) is 7.11 Å². The van der Waals surface area contributed by atoms with Crippen LogP contribution in [0.4, 0.5) is 5.69 Å². The third-order valence-electron chi connectivity index (χ3n) is 2.96. The summed E-state index contributed by atoms with van der Waals surface area (Å²) in [6, 6.07) is 13.8. The Hall–Kier alpha value is -2.82. The fraction of sp³-hybridized carbons (Fsp3) is 0.176. The van der Waals surface area contributed by atoms with Crippen molar-refractivity contribution in [2.75, 3.05) is 19.0 Å². The highest BCUT2D eigenvalue weighted by Crippen LogP contribution is 2.17. The molecule has 0 saturated carbocycles. The predicted octanol–water partition coefficient (Wildman–Crippen LogP) is 2.92. The standard InChI is InChI=1S/C17H17NO4/c1-12(19)13-5-3-8-16(9-13)22-11-17(20)18-14-6-4-7-15(10-14)21-2/h3-10H,11H2,1-2H3,(H,18,20). The quantitative estimate of drug-likeness (QED) is 0.833. The van der Waals surface area contributed by atoms with Gasteiger partial charge in [-0.25, -0.2) is 0 Å². The van der Waals surface area contributed by atoms with Gasteiger partial charge in [-0.15, -0.1) is 0 Å². The predicted molar refractivity (Wildman–Crippen MR) is 83.6 cm³/mol. The lowest BCUT2D eigenvalue weighted by atomic mass is 10.1. The number of ether oxygens (including phenoxy) is 2. The van der Waals surface area contributed by atoms with E-state index in [0.717, 1.165) is 0 Å². The van der Waals surface area contributed by atoms with E-state index in [0.29, 0.717) is 22.7 Å². The maximum absolute atomic E-state index is 11.9. The van der Waals surface area contributed by atoms with E-state index in [9.17, 15) is 9.59 Å². The number of carbonyl (C=O) groups is 2. The lowest BCUT2D eigenvalue weighted by Crippen LogP contribution is -2.20. The summed E-state index contributed by atoms with van der Waals surface area (Å²) in [5, 5.41) is 2.71. The van der Waals surface area contributed by atoms with Gasteiger partial charge >= 0.3 is 0 Å². The van der Waals surface area contributed by atoms with Crippen LogP contribution >= 0.6 is 0 Å². The number of anilines is 1. The molecule has 0 spiro atoms. The van der Waals surface area contributed by atoms with Crippen LogP contribution in [0.1, 0.15) is 17.3 Å². The van der Waals surface area contributed by atoms with Crippen LogP contribution in [0.25, 0.3) is 0 Å². The Morgan fingerprint density at radius 2 is 1.77 bits per heavy atom. The molecule has 2 rings (SSSR count). The molecule has 5 heteroatoms. The highest BCUT2D eigenvalue weighted by Gasteiger charge is 2.06. The van der Waals surface area contributed by atoms with Crippen LogP contribution in [0.3, 0.4) is 0 Å². The Bertz CT molecular complexity index is 682. The summed E-state index contributed by atoms with van der Waals surface area (Å²) < 4.78 is 10.5. The molecule has 5 nitrogen and oxygen atoms in total. The summed E-state index contributed by atoms with van der Waals surface area (Å²) in [6.07, 6.45) is 0. The molecule has 0 aliphatic rings. The minimum atomic E-state index is -0.290. The van der Waals surface area contributed by atoms with E-state index in [1.54, 1.807) is 55.6 Å². The van der Waals surface area contributed by atoms with Crippen LogP contribution in [-0.4, -0.2) is 25.4 Å². The van der Waals surface area contributed by atoms with Crippen molar-refractivity contribution in [2.45, 2.75) is 6.92 Å². The van der Waals surface area contributed by atoms with E-state index in [-0.39, 0.29) is 18.3 Å². The molecule has 0 atom stereocenters. The van der Waals surface area contributed by atoms with Crippen LogP contribution in [-0.2, 0) is 4.79 Å². The van der Waals surface area contributed by atoms with E-state index < -0.39 is 0 Å². The molecule has 22 heavy (non-hydrogen) atoms. The summed E-state index contributed by atoms with van der Waals surface area (Å²) >= 11 is 0. The molecule has 2 aromatic carbocycles. The molecular weight excluding hydrogens is 282 g/mol. The second kappa shape index (κ2) is 7.26. The number of carbonyl (C=O) groups excluding carboxylic acids is 2. The molecular formula is C17H17NO4. The highest BCUT2D eigenvalue weighted by molar-refractivity contribution is 5.94. The van der Waals surface area contributed by atoms with Gasteiger partial charge in [-0.1, -0.05) is 18.2 Å². The zero-order chi connectivity index (χ0) is 15.9. The van der Waals surface area contributed by atoms with Crippen molar-refractivity contribution in [1.82, 2.24) is 0 Å². The van der Waals surface area contributed by atoms with Crippen molar-refractivity contribution < 1.29 is 19.1 Å². The highest BCUT2D eigenvalue weighted by atomic mass is 16.5. The second-order valence-electron chi connectivity index (χ2n) is 4.65. The van der Waals surface area contributed by atoms with Crippen LogP contribution in [0.2, 0.25) is 0 Å². The summed E-state index contributed by atoms with van der Waals surface area (Å²) in [7, 11) is 1.56.